The molecule has 0 saturated heterocycles. The minimum Gasteiger partial charge on any atom is -0.355 e. The fraction of sp³-hybridized carbons (Fsp3) is 0.417. The van der Waals surface area contributed by atoms with E-state index in [1.807, 2.05) is 31.2 Å². The number of hydrogen-bond donors (Lipinski definition) is 2. The molecule has 0 unspecified atom stereocenters. The van der Waals surface area contributed by atoms with Crippen LogP contribution < -0.4 is 10.6 Å². The van der Waals surface area contributed by atoms with Crippen LogP contribution in [0.5, 0.6) is 0 Å². The molecule has 1 rings (SSSR count). The molecule has 17 heavy (non-hydrogen) atoms. The van der Waals surface area contributed by atoms with E-state index in [4.69, 9.17) is 0 Å². The molecule has 96 valence electrons. The van der Waals surface area contributed by atoms with Crippen LogP contribution in [-0.2, 0) is 11.2 Å². The molecule has 0 fully saturated rings. The third-order valence-corrected chi connectivity index (χ3v) is 2.62. The van der Waals surface area contributed by atoms with Gasteiger partial charge in [-0.3, -0.25) is 4.79 Å². The fourth-order valence-corrected chi connectivity index (χ4v) is 1.81. The molecule has 0 heterocycles. The first kappa shape index (κ1) is 16.4. The predicted molar refractivity (Wildman–Crippen MR) is 76.6 cm³/mol. The Morgan fingerprint density at radius 1 is 1.35 bits per heavy atom. The maximum atomic E-state index is 11.5. The SMILES string of the molecule is CCNCCNC(=O)Cc1cccc(Br)c1.Cl. The highest BCUT2D eigenvalue weighted by Gasteiger charge is 2.02. The Morgan fingerprint density at radius 2 is 2.12 bits per heavy atom. The molecule has 0 saturated carbocycles. The zero-order chi connectivity index (χ0) is 11.8. The van der Waals surface area contributed by atoms with E-state index in [1.54, 1.807) is 0 Å². The first-order valence-electron chi connectivity index (χ1n) is 5.44. The Hall–Kier alpha value is -0.580. The van der Waals surface area contributed by atoms with Crippen LogP contribution in [0.3, 0.4) is 0 Å². The van der Waals surface area contributed by atoms with Gasteiger partial charge in [-0.2, -0.15) is 0 Å². The van der Waals surface area contributed by atoms with E-state index in [0.29, 0.717) is 13.0 Å². The fourth-order valence-electron chi connectivity index (χ4n) is 1.36. The summed E-state index contributed by atoms with van der Waals surface area (Å²) in [6.45, 7) is 4.48. The topological polar surface area (TPSA) is 41.1 Å². The van der Waals surface area contributed by atoms with E-state index >= 15 is 0 Å². The summed E-state index contributed by atoms with van der Waals surface area (Å²) in [5.41, 5.74) is 1.02. The molecule has 0 aliphatic rings. The molecule has 0 aliphatic carbocycles. The summed E-state index contributed by atoms with van der Waals surface area (Å²) in [5, 5.41) is 6.02. The van der Waals surface area contributed by atoms with Crippen LogP contribution in [-0.4, -0.2) is 25.5 Å². The second-order valence-electron chi connectivity index (χ2n) is 3.51. The van der Waals surface area contributed by atoms with Gasteiger partial charge in [-0.1, -0.05) is 35.0 Å². The van der Waals surface area contributed by atoms with Crippen molar-refractivity contribution in [3.05, 3.63) is 34.3 Å². The van der Waals surface area contributed by atoms with E-state index in [1.165, 1.54) is 0 Å². The maximum Gasteiger partial charge on any atom is 0.224 e. The predicted octanol–water partition coefficient (Wildman–Crippen LogP) is 2.14. The molecule has 1 amide bonds. The molecule has 3 nitrogen and oxygen atoms in total. The van der Waals surface area contributed by atoms with E-state index in [-0.39, 0.29) is 18.3 Å². The van der Waals surface area contributed by atoms with Gasteiger partial charge >= 0.3 is 0 Å². The van der Waals surface area contributed by atoms with Crippen molar-refractivity contribution in [2.75, 3.05) is 19.6 Å². The van der Waals surface area contributed by atoms with E-state index in [0.717, 1.165) is 23.1 Å². The first-order chi connectivity index (χ1) is 7.72. The van der Waals surface area contributed by atoms with Crippen molar-refractivity contribution < 1.29 is 4.79 Å². The molecule has 0 radical (unpaired) electrons. The van der Waals surface area contributed by atoms with Crippen molar-refractivity contribution in [1.82, 2.24) is 10.6 Å². The van der Waals surface area contributed by atoms with Crippen LogP contribution in [0.4, 0.5) is 0 Å². The number of carbonyl (C=O) groups is 1. The summed E-state index contributed by atoms with van der Waals surface area (Å²) in [6.07, 6.45) is 0.436. The lowest BCUT2D eigenvalue weighted by Crippen LogP contribution is -2.32. The molecule has 2 N–H and O–H groups in total. The Kier molecular flexibility index (Phi) is 9.13. The van der Waals surface area contributed by atoms with Crippen LogP contribution in [0.2, 0.25) is 0 Å². The molecule has 0 aromatic heterocycles. The zero-order valence-corrected chi connectivity index (χ0v) is 12.2. The van der Waals surface area contributed by atoms with Gasteiger partial charge in [0.15, 0.2) is 0 Å². The Morgan fingerprint density at radius 3 is 2.76 bits per heavy atom. The van der Waals surface area contributed by atoms with Gasteiger partial charge in [0.1, 0.15) is 0 Å². The van der Waals surface area contributed by atoms with Crippen molar-refractivity contribution in [2.24, 2.45) is 0 Å². The summed E-state index contributed by atoms with van der Waals surface area (Å²) in [7, 11) is 0. The number of halogens is 2. The van der Waals surface area contributed by atoms with Gasteiger partial charge in [0.05, 0.1) is 6.42 Å². The number of hydrogen-bond acceptors (Lipinski definition) is 2. The quantitative estimate of drug-likeness (QED) is 0.788. The van der Waals surface area contributed by atoms with Crippen LogP contribution in [0.1, 0.15) is 12.5 Å². The third kappa shape index (κ3) is 7.36. The second-order valence-corrected chi connectivity index (χ2v) is 4.43. The van der Waals surface area contributed by atoms with Crippen molar-refractivity contribution >= 4 is 34.2 Å². The maximum absolute atomic E-state index is 11.5. The third-order valence-electron chi connectivity index (χ3n) is 2.13. The number of amides is 1. The monoisotopic (exact) mass is 320 g/mol. The van der Waals surface area contributed by atoms with Gasteiger partial charge in [-0.15, -0.1) is 12.4 Å². The summed E-state index contributed by atoms with van der Waals surface area (Å²) in [6, 6.07) is 7.80. The smallest absolute Gasteiger partial charge is 0.224 e. The average Bonchev–Trinajstić information content (AvgIpc) is 2.24. The van der Waals surface area contributed by atoms with Crippen molar-refractivity contribution in [3.63, 3.8) is 0 Å². The summed E-state index contributed by atoms with van der Waals surface area (Å²) >= 11 is 3.38. The summed E-state index contributed by atoms with van der Waals surface area (Å²) < 4.78 is 1.01. The molecular formula is C12H18BrClN2O. The first-order valence-corrected chi connectivity index (χ1v) is 6.23. The lowest BCUT2D eigenvalue weighted by Gasteiger charge is -2.05. The minimum absolute atomic E-state index is 0. The van der Waals surface area contributed by atoms with E-state index < -0.39 is 0 Å². The summed E-state index contributed by atoms with van der Waals surface area (Å²) in [5.74, 6) is 0.0657. The highest BCUT2D eigenvalue weighted by atomic mass is 79.9. The van der Waals surface area contributed by atoms with Gasteiger partial charge < -0.3 is 10.6 Å². The van der Waals surface area contributed by atoms with Crippen molar-refractivity contribution in [2.45, 2.75) is 13.3 Å². The van der Waals surface area contributed by atoms with Gasteiger partial charge in [0, 0.05) is 17.6 Å². The Balaban J connectivity index is 0.00000256. The number of carbonyl (C=O) groups excluding carboxylic acids is 1. The number of benzene rings is 1. The van der Waals surface area contributed by atoms with Gasteiger partial charge in [-0.25, -0.2) is 0 Å². The molecule has 0 aliphatic heterocycles. The molecular weight excluding hydrogens is 304 g/mol. The van der Waals surface area contributed by atoms with Gasteiger partial charge in [-0.05, 0) is 24.2 Å². The largest absolute Gasteiger partial charge is 0.355 e. The number of rotatable bonds is 6. The van der Waals surface area contributed by atoms with Crippen molar-refractivity contribution in [3.8, 4) is 0 Å². The van der Waals surface area contributed by atoms with Crippen LogP contribution in [0, 0.1) is 0 Å². The number of nitrogens with one attached hydrogen (secondary N) is 2. The molecule has 0 atom stereocenters. The van der Waals surface area contributed by atoms with E-state index in [2.05, 4.69) is 26.6 Å². The Labute approximate surface area is 117 Å². The molecule has 1 aromatic carbocycles. The van der Waals surface area contributed by atoms with Gasteiger partial charge in [0.25, 0.3) is 0 Å². The van der Waals surface area contributed by atoms with Crippen molar-refractivity contribution in [1.29, 1.82) is 0 Å². The normalized spacial score (nSPS) is 9.53. The molecule has 0 bridgehead atoms. The molecule has 1 aromatic rings. The molecule has 0 spiro atoms. The number of likely N-dealkylation sites (N-methyl/N-ethyl adjacent to an activating group) is 1. The van der Waals surface area contributed by atoms with Crippen LogP contribution in [0.25, 0.3) is 0 Å². The standard InChI is InChI=1S/C12H17BrN2O.ClH/c1-2-14-6-7-15-12(16)9-10-4-3-5-11(13)8-10;/h3-5,8,14H,2,6-7,9H2,1H3,(H,15,16);1H. The van der Waals surface area contributed by atoms with Crippen LogP contribution >= 0.6 is 28.3 Å². The zero-order valence-electron chi connectivity index (χ0n) is 9.83. The van der Waals surface area contributed by atoms with Crippen LogP contribution in [0.15, 0.2) is 28.7 Å². The van der Waals surface area contributed by atoms with Gasteiger partial charge in [0.2, 0.25) is 5.91 Å². The molecule has 5 heteroatoms. The second kappa shape index (κ2) is 9.45. The minimum atomic E-state index is 0. The highest BCUT2D eigenvalue weighted by Crippen LogP contribution is 2.11. The highest BCUT2D eigenvalue weighted by molar-refractivity contribution is 9.10. The Bertz CT molecular complexity index is 347. The lowest BCUT2D eigenvalue weighted by atomic mass is 10.1. The summed E-state index contributed by atoms with van der Waals surface area (Å²) in [4.78, 5) is 11.5. The van der Waals surface area contributed by atoms with E-state index in [9.17, 15) is 4.79 Å². The average molecular weight is 322 g/mol. The lowest BCUT2D eigenvalue weighted by molar-refractivity contribution is -0.120.